The Bertz CT molecular complexity index is 1020. The molecule has 0 saturated heterocycles. The molecule has 134 valence electrons. The fourth-order valence-corrected chi connectivity index (χ4v) is 2.55. The number of rotatable bonds is 4. The zero-order valence-electron chi connectivity index (χ0n) is 13.7. The third kappa shape index (κ3) is 3.89. The van der Waals surface area contributed by atoms with Gasteiger partial charge in [-0.15, -0.1) is 5.10 Å². The van der Waals surface area contributed by atoms with Crippen molar-refractivity contribution in [3.8, 4) is 0 Å². The molecule has 0 saturated carbocycles. The smallest absolute Gasteiger partial charge is 0.378 e. The van der Waals surface area contributed by atoms with Crippen molar-refractivity contribution in [2.24, 2.45) is 0 Å². The van der Waals surface area contributed by atoms with Crippen molar-refractivity contribution in [1.82, 2.24) is 24.6 Å². The lowest BCUT2D eigenvalue weighted by Crippen LogP contribution is -2.22. The van der Waals surface area contributed by atoms with Crippen LogP contribution in [0.4, 0.5) is 5.82 Å². The minimum Gasteiger partial charge on any atom is -0.450 e. The summed E-state index contributed by atoms with van der Waals surface area (Å²) in [5, 5.41) is 6.93. The molecule has 3 rings (SSSR count). The summed E-state index contributed by atoms with van der Waals surface area (Å²) in [5.41, 5.74) is 1.51. The molecule has 9 nitrogen and oxygen atoms in total. The number of anilines is 1. The van der Waals surface area contributed by atoms with E-state index in [4.69, 9.17) is 27.9 Å². The van der Waals surface area contributed by atoms with Gasteiger partial charge in [-0.05, 0) is 26.0 Å². The van der Waals surface area contributed by atoms with Crippen LogP contribution in [0.2, 0.25) is 10.0 Å². The molecule has 0 aromatic carbocycles. The van der Waals surface area contributed by atoms with Gasteiger partial charge in [-0.3, -0.25) is 4.79 Å². The number of nitrogens with one attached hydrogen (secondary N) is 1. The highest BCUT2D eigenvalue weighted by Gasteiger charge is 2.18. The first-order valence-corrected chi connectivity index (χ1v) is 8.08. The Labute approximate surface area is 157 Å². The molecule has 0 unspecified atom stereocenters. The van der Waals surface area contributed by atoms with E-state index in [9.17, 15) is 9.59 Å². The van der Waals surface area contributed by atoms with E-state index in [1.165, 1.54) is 16.8 Å². The monoisotopic (exact) mass is 394 g/mol. The third-order valence-corrected chi connectivity index (χ3v) is 3.70. The lowest BCUT2D eigenvalue weighted by molar-refractivity contribution is -0.119. The normalized spacial score (nSPS) is 10.8. The number of aryl methyl sites for hydroxylation is 2. The summed E-state index contributed by atoms with van der Waals surface area (Å²) in [7, 11) is 0. The Morgan fingerprint density at radius 2 is 2.00 bits per heavy atom. The summed E-state index contributed by atoms with van der Waals surface area (Å²) >= 11 is 11.6. The maximum absolute atomic E-state index is 12.1. The van der Waals surface area contributed by atoms with E-state index < -0.39 is 18.5 Å². The Balaban J connectivity index is 1.65. The first kappa shape index (κ1) is 18.0. The number of amides is 1. The van der Waals surface area contributed by atoms with Crippen LogP contribution in [0.1, 0.15) is 22.0 Å². The first-order valence-electron chi connectivity index (χ1n) is 7.32. The second-order valence-corrected chi connectivity index (χ2v) is 6.14. The van der Waals surface area contributed by atoms with Gasteiger partial charge in [-0.25, -0.2) is 19.3 Å². The average molecular weight is 395 g/mol. The van der Waals surface area contributed by atoms with Crippen molar-refractivity contribution in [3.05, 3.63) is 45.6 Å². The second-order valence-electron chi connectivity index (χ2n) is 5.29. The molecule has 3 heterocycles. The molecule has 0 aliphatic heterocycles. The van der Waals surface area contributed by atoms with E-state index in [2.05, 4.69) is 25.4 Å². The molecule has 0 atom stereocenters. The van der Waals surface area contributed by atoms with Crippen molar-refractivity contribution in [1.29, 1.82) is 0 Å². The zero-order chi connectivity index (χ0) is 18.8. The lowest BCUT2D eigenvalue weighted by Gasteiger charge is -2.06. The van der Waals surface area contributed by atoms with Gasteiger partial charge in [-0.1, -0.05) is 23.2 Å². The van der Waals surface area contributed by atoms with Gasteiger partial charge in [0.2, 0.25) is 0 Å². The fraction of sp³-hybridized carbons (Fsp3) is 0.200. The molecule has 3 aromatic rings. The Morgan fingerprint density at radius 1 is 1.23 bits per heavy atom. The van der Waals surface area contributed by atoms with Crippen molar-refractivity contribution >= 4 is 46.7 Å². The number of esters is 1. The number of ether oxygens (including phenoxy) is 1. The van der Waals surface area contributed by atoms with Gasteiger partial charge >= 0.3 is 5.97 Å². The minimum atomic E-state index is -0.849. The minimum absolute atomic E-state index is 0.110. The van der Waals surface area contributed by atoms with Crippen LogP contribution in [0, 0.1) is 13.8 Å². The van der Waals surface area contributed by atoms with Gasteiger partial charge < -0.3 is 10.1 Å². The molecule has 1 N–H and O–H groups in total. The Morgan fingerprint density at radius 3 is 2.73 bits per heavy atom. The number of fused-ring (bicyclic) bond motifs is 1. The van der Waals surface area contributed by atoms with Crippen molar-refractivity contribution in [3.63, 3.8) is 0 Å². The molecule has 3 aromatic heterocycles. The topological polar surface area (TPSA) is 111 Å². The Kier molecular flexibility index (Phi) is 5.01. The van der Waals surface area contributed by atoms with Crippen LogP contribution in [0.3, 0.4) is 0 Å². The number of aromatic nitrogens is 5. The first-order chi connectivity index (χ1) is 12.3. The molecular formula is C15H12Cl2N6O3. The molecule has 0 bridgehead atoms. The third-order valence-electron chi connectivity index (χ3n) is 3.20. The van der Waals surface area contributed by atoms with Crippen LogP contribution < -0.4 is 5.32 Å². The van der Waals surface area contributed by atoms with Crippen LogP contribution in [0.5, 0.6) is 0 Å². The van der Waals surface area contributed by atoms with Crippen LogP contribution in [-0.2, 0) is 9.53 Å². The molecule has 0 aliphatic rings. The second kappa shape index (κ2) is 7.22. The van der Waals surface area contributed by atoms with Crippen molar-refractivity contribution in [2.75, 3.05) is 11.9 Å². The molecule has 0 spiro atoms. The maximum Gasteiger partial charge on any atom is 0.378 e. The van der Waals surface area contributed by atoms with E-state index in [0.717, 1.165) is 11.4 Å². The summed E-state index contributed by atoms with van der Waals surface area (Å²) in [4.78, 5) is 36.0. The number of pyridine rings is 1. The lowest BCUT2D eigenvalue weighted by atomic mass is 10.4. The van der Waals surface area contributed by atoms with Crippen molar-refractivity contribution < 1.29 is 14.3 Å². The highest BCUT2D eigenvalue weighted by atomic mass is 35.5. The molecule has 1 amide bonds. The van der Waals surface area contributed by atoms with Crippen LogP contribution >= 0.6 is 23.2 Å². The number of halogens is 2. The number of hydrogen-bond acceptors (Lipinski definition) is 7. The van der Waals surface area contributed by atoms with Crippen LogP contribution in [0.25, 0.3) is 5.78 Å². The summed E-state index contributed by atoms with van der Waals surface area (Å²) in [5.74, 6) is -1.28. The van der Waals surface area contributed by atoms with Crippen LogP contribution in [0.15, 0.2) is 18.3 Å². The van der Waals surface area contributed by atoms with Gasteiger partial charge in [0.1, 0.15) is 0 Å². The molecular weight excluding hydrogens is 383 g/mol. The van der Waals surface area contributed by atoms with Gasteiger partial charge in [0, 0.05) is 17.6 Å². The van der Waals surface area contributed by atoms with Gasteiger partial charge in [0.05, 0.1) is 10.0 Å². The average Bonchev–Trinajstić information content (AvgIpc) is 2.99. The van der Waals surface area contributed by atoms with E-state index in [1.54, 1.807) is 13.0 Å². The largest absolute Gasteiger partial charge is 0.450 e. The maximum atomic E-state index is 12.1. The summed E-state index contributed by atoms with van der Waals surface area (Å²) in [6.07, 6.45) is 1.33. The highest BCUT2D eigenvalue weighted by molar-refractivity contribution is 6.36. The van der Waals surface area contributed by atoms with E-state index in [0.29, 0.717) is 5.02 Å². The molecule has 0 fully saturated rings. The summed E-state index contributed by atoms with van der Waals surface area (Å²) < 4.78 is 6.33. The quantitative estimate of drug-likeness (QED) is 0.675. The molecule has 0 aliphatic carbocycles. The molecule has 26 heavy (non-hydrogen) atoms. The number of hydrogen-bond donors (Lipinski definition) is 1. The summed E-state index contributed by atoms with van der Waals surface area (Å²) in [6.45, 7) is 3.06. The van der Waals surface area contributed by atoms with Gasteiger partial charge in [0.15, 0.2) is 12.4 Å². The standard InChI is InChI=1S/C15H12Cl2N6O3/c1-7-3-8(2)23-15(19-7)21-13(22-23)14(25)26-6-11(24)20-12-10(17)4-9(16)5-18-12/h3-5H,6H2,1-2H3,(H,18,20,24). The van der Waals surface area contributed by atoms with Gasteiger partial charge in [-0.2, -0.15) is 4.98 Å². The van der Waals surface area contributed by atoms with Crippen molar-refractivity contribution in [2.45, 2.75) is 13.8 Å². The van der Waals surface area contributed by atoms with E-state index in [1.807, 2.05) is 6.92 Å². The number of nitrogens with zero attached hydrogens (tertiary/aromatic N) is 5. The summed E-state index contributed by atoms with van der Waals surface area (Å²) in [6, 6.07) is 3.22. The van der Waals surface area contributed by atoms with Crippen LogP contribution in [-0.4, -0.2) is 43.0 Å². The van der Waals surface area contributed by atoms with E-state index >= 15 is 0 Å². The zero-order valence-corrected chi connectivity index (χ0v) is 15.2. The highest BCUT2D eigenvalue weighted by Crippen LogP contribution is 2.22. The predicted octanol–water partition coefficient (Wildman–Crippen LogP) is 2.24. The van der Waals surface area contributed by atoms with Gasteiger partial charge in [0.25, 0.3) is 17.5 Å². The Hall–Kier alpha value is -2.78. The SMILES string of the molecule is Cc1cc(C)n2nc(C(=O)OCC(=O)Nc3ncc(Cl)cc3Cl)nc2n1. The predicted molar refractivity (Wildman–Crippen MR) is 93.4 cm³/mol. The number of carbonyl (C=O) groups excluding carboxylic acids is 2. The number of carbonyl (C=O) groups is 2. The molecule has 11 heteroatoms. The fourth-order valence-electron chi connectivity index (χ4n) is 2.12. The van der Waals surface area contributed by atoms with E-state index in [-0.39, 0.29) is 22.4 Å². The molecule has 0 radical (unpaired) electrons.